The number of sulfonamides is 1. The van der Waals surface area contributed by atoms with Crippen molar-refractivity contribution < 1.29 is 13.2 Å². The lowest BCUT2D eigenvalue weighted by Crippen LogP contribution is -2.24. The van der Waals surface area contributed by atoms with Crippen molar-refractivity contribution in [3.8, 4) is 0 Å². The molecule has 1 amide bonds. The predicted octanol–water partition coefficient (Wildman–Crippen LogP) is 3.00. The van der Waals surface area contributed by atoms with Crippen LogP contribution >= 0.6 is 11.8 Å². The van der Waals surface area contributed by atoms with E-state index in [4.69, 9.17) is 0 Å². The molecule has 4 aromatic rings. The number of hydrogen-bond donors (Lipinski definition) is 2. The first-order chi connectivity index (χ1) is 16.3. The van der Waals surface area contributed by atoms with Gasteiger partial charge >= 0.3 is 0 Å². The van der Waals surface area contributed by atoms with E-state index in [-0.39, 0.29) is 12.5 Å². The van der Waals surface area contributed by atoms with E-state index in [9.17, 15) is 13.2 Å². The Morgan fingerprint density at radius 1 is 1.18 bits per heavy atom. The first-order valence-electron chi connectivity index (χ1n) is 10.8. The van der Waals surface area contributed by atoms with E-state index in [1.54, 1.807) is 23.9 Å². The molecule has 1 aliphatic rings. The van der Waals surface area contributed by atoms with Crippen LogP contribution < -0.4 is 10.0 Å². The van der Waals surface area contributed by atoms with Crippen LogP contribution in [0.2, 0.25) is 0 Å². The molecule has 5 rings (SSSR count). The fraction of sp³-hybridized carbons (Fsp3) is 0.261. The average molecular weight is 497 g/mol. The van der Waals surface area contributed by atoms with Crippen LogP contribution in [0, 0.1) is 6.92 Å². The number of rotatable bonds is 7. The van der Waals surface area contributed by atoms with Crippen LogP contribution in [0.15, 0.2) is 53.8 Å². The number of carbonyl (C=O) groups excluding carboxylic acids is 1. The third kappa shape index (κ3) is 4.66. The largest absolute Gasteiger partial charge is 0.346 e. The molecule has 0 unspecified atom stereocenters. The number of imidazole rings is 2. The molecule has 0 bridgehead atoms. The maximum absolute atomic E-state index is 13.4. The smallest absolute Gasteiger partial charge is 0.253 e. The molecule has 0 radical (unpaired) electrons. The van der Waals surface area contributed by atoms with Crippen LogP contribution in [0.1, 0.15) is 27.4 Å². The average Bonchev–Trinajstić information content (AvgIpc) is 3.45. The van der Waals surface area contributed by atoms with Crippen molar-refractivity contribution in [3.05, 3.63) is 71.3 Å². The third-order valence-corrected chi connectivity index (χ3v) is 7.12. The number of anilines is 1. The van der Waals surface area contributed by atoms with E-state index in [1.165, 1.54) is 0 Å². The summed E-state index contributed by atoms with van der Waals surface area (Å²) in [6.07, 6.45) is 3.03. The Labute approximate surface area is 201 Å². The summed E-state index contributed by atoms with van der Waals surface area (Å²) in [5, 5.41) is 3.90. The van der Waals surface area contributed by atoms with E-state index in [0.29, 0.717) is 28.8 Å². The highest BCUT2D eigenvalue weighted by atomic mass is 32.2. The monoisotopic (exact) mass is 496 g/mol. The van der Waals surface area contributed by atoms with Crippen molar-refractivity contribution in [1.82, 2.24) is 24.4 Å². The number of thioether (sulfide) groups is 1. The first kappa shape index (κ1) is 22.5. The summed E-state index contributed by atoms with van der Waals surface area (Å²) < 4.78 is 30.3. The SMILES string of the molecule is Cc1nc2cc(NS(C)(=O)=O)cc(C(=O)NCc3cn4c(n3)SCC4)c2n1Cc1ccccc1. The summed E-state index contributed by atoms with van der Waals surface area (Å²) in [6.45, 7) is 3.60. The number of amides is 1. The summed E-state index contributed by atoms with van der Waals surface area (Å²) in [6, 6.07) is 13.1. The number of nitrogens with zero attached hydrogens (tertiary/aromatic N) is 4. The van der Waals surface area contributed by atoms with Crippen LogP contribution in [-0.4, -0.2) is 45.4 Å². The zero-order valence-corrected chi connectivity index (χ0v) is 20.4. The molecule has 11 heteroatoms. The van der Waals surface area contributed by atoms with Gasteiger partial charge in [0.05, 0.1) is 40.8 Å². The van der Waals surface area contributed by atoms with Gasteiger partial charge in [-0.2, -0.15) is 0 Å². The summed E-state index contributed by atoms with van der Waals surface area (Å²) in [4.78, 5) is 22.6. The zero-order valence-electron chi connectivity index (χ0n) is 18.8. The van der Waals surface area contributed by atoms with Gasteiger partial charge in [-0.3, -0.25) is 9.52 Å². The number of aryl methyl sites for hydroxylation is 2. The summed E-state index contributed by atoms with van der Waals surface area (Å²) in [5.74, 6) is 1.42. The Bertz CT molecular complexity index is 1470. The molecule has 0 saturated carbocycles. The van der Waals surface area contributed by atoms with Gasteiger partial charge in [0.15, 0.2) is 5.16 Å². The Balaban J connectivity index is 1.52. The standard InChI is InChI=1S/C23H24N6O3S2/c1-15-25-20-11-17(27-34(2,31)32)10-19(21(20)29(15)13-16-6-4-3-5-7-16)22(30)24-12-18-14-28-8-9-33-23(28)26-18/h3-7,10-11,14,27H,8-9,12-13H2,1-2H3,(H,24,30). The Morgan fingerprint density at radius 3 is 2.71 bits per heavy atom. The predicted molar refractivity (Wildman–Crippen MR) is 133 cm³/mol. The van der Waals surface area contributed by atoms with Crippen LogP contribution in [0.25, 0.3) is 11.0 Å². The highest BCUT2D eigenvalue weighted by Gasteiger charge is 2.21. The van der Waals surface area contributed by atoms with Gasteiger partial charge in [0.25, 0.3) is 5.91 Å². The topological polar surface area (TPSA) is 111 Å². The van der Waals surface area contributed by atoms with E-state index in [0.717, 1.165) is 40.8 Å². The lowest BCUT2D eigenvalue weighted by Gasteiger charge is -2.13. The fourth-order valence-corrected chi connectivity index (χ4v) is 5.61. The summed E-state index contributed by atoms with van der Waals surface area (Å²) in [5.41, 5.74) is 3.69. The van der Waals surface area contributed by atoms with E-state index in [1.807, 2.05) is 48.0 Å². The van der Waals surface area contributed by atoms with Gasteiger partial charge in [-0.15, -0.1) is 0 Å². The van der Waals surface area contributed by atoms with Crippen molar-refractivity contribution in [2.75, 3.05) is 16.7 Å². The van der Waals surface area contributed by atoms with Gasteiger partial charge < -0.3 is 14.5 Å². The molecule has 34 heavy (non-hydrogen) atoms. The lowest BCUT2D eigenvalue weighted by atomic mass is 10.1. The molecule has 176 valence electrons. The number of carbonyl (C=O) groups is 1. The van der Waals surface area contributed by atoms with Gasteiger partial charge in [-0.1, -0.05) is 42.1 Å². The maximum Gasteiger partial charge on any atom is 0.253 e. The Hall–Kier alpha value is -3.31. The fourth-order valence-electron chi connectivity index (χ4n) is 4.10. The molecule has 2 N–H and O–H groups in total. The van der Waals surface area contributed by atoms with Crippen molar-refractivity contribution >= 4 is 44.4 Å². The normalized spacial score (nSPS) is 13.2. The molecule has 0 spiro atoms. The molecule has 1 aliphatic heterocycles. The molecule has 2 aromatic carbocycles. The van der Waals surface area contributed by atoms with Crippen molar-refractivity contribution in [2.24, 2.45) is 0 Å². The van der Waals surface area contributed by atoms with Crippen LogP contribution in [0.4, 0.5) is 5.69 Å². The van der Waals surface area contributed by atoms with Crippen molar-refractivity contribution in [2.45, 2.75) is 31.7 Å². The lowest BCUT2D eigenvalue weighted by molar-refractivity contribution is 0.0951. The quantitative estimate of drug-likeness (QED) is 0.407. The van der Waals surface area contributed by atoms with Gasteiger partial charge in [-0.25, -0.2) is 18.4 Å². The number of hydrogen-bond acceptors (Lipinski definition) is 6. The summed E-state index contributed by atoms with van der Waals surface area (Å²) >= 11 is 1.70. The van der Waals surface area contributed by atoms with Crippen molar-refractivity contribution in [1.29, 1.82) is 0 Å². The second kappa shape index (κ2) is 8.80. The minimum absolute atomic E-state index is 0.274. The Kier molecular flexibility index (Phi) is 5.82. The first-order valence-corrected chi connectivity index (χ1v) is 13.6. The van der Waals surface area contributed by atoms with E-state index < -0.39 is 10.0 Å². The molecule has 0 aliphatic carbocycles. The number of benzene rings is 2. The van der Waals surface area contributed by atoms with Gasteiger partial charge in [0.2, 0.25) is 10.0 Å². The van der Waals surface area contributed by atoms with E-state index >= 15 is 0 Å². The summed E-state index contributed by atoms with van der Waals surface area (Å²) in [7, 11) is -3.53. The molecule has 9 nitrogen and oxygen atoms in total. The molecular formula is C23H24N6O3S2. The molecule has 0 saturated heterocycles. The highest BCUT2D eigenvalue weighted by Crippen LogP contribution is 2.27. The molecule has 3 heterocycles. The van der Waals surface area contributed by atoms with Crippen LogP contribution in [0.3, 0.4) is 0 Å². The molecular weight excluding hydrogens is 472 g/mol. The number of fused-ring (bicyclic) bond motifs is 2. The molecule has 2 aromatic heterocycles. The zero-order chi connectivity index (χ0) is 23.9. The third-order valence-electron chi connectivity index (χ3n) is 5.55. The minimum atomic E-state index is -3.53. The van der Waals surface area contributed by atoms with Crippen LogP contribution in [0.5, 0.6) is 0 Å². The molecule has 0 fully saturated rings. The maximum atomic E-state index is 13.4. The van der Waals surface area contributed by atoms with E-state index in [2.05, 4.69) is 24.6 Å². The van der Waals surface area contributed by atoms with Gasteiger partial charge in [-0.05, 0) is 24.6 Å². The number of nitrogens with one attached hydrogen (secondary N) is 2. The molecule has 0 atom stereocenters. The van der Waals surface area contributed by atoms with Gasteiger partial charge in [0.1, 0.15) is 5.82 Å². The Morgan fingerprint density at radius 2 is 1.97 bits per heavy atom. The van der Waals surface area contributed by atoms with Crippen LogP contribution in [-0.2, 0) is 29.7 Å². The highest BCUT2D eigenvalue weighted by molar-refractivity contribution is 7.99. The van der Waals surface area contributed by atoms with Crippen molar-refractivity contribution in [3.63, 3.8) is 0 Å². The van der Waals surface area contributed by atoms with Gasteiger partial charge in [0, 0.05) is 25.0 Å². The number of aromatic nitrogens is 4. The second-order valence-electron chi connectivity index (χ2n) is 8.24. The minimum Gasteiger partial charge on any atom is -0.346 e. The second-order valence-corrected chi connectivity index (χ2v) is 11.0.